The molecule has 2 aromatic heterocycles. The molecular weight excluding hydrogens is 294 g/mol. The summed E-state index contributed by atoms with van der Waals surface area (Å²) in [5, 5.41) is 19.3. The quantitative estimate of drug-likeness (QED) is 0.706. The number of carbonyl (C=O) groups is 1. The lowest BCUT2D eigenvalue weighted by Gasteiger charge is -2.00. The van der Waals surface area contributed by atoms with Crippen LogP contribution in [0.4, 0.5) is 0 Å². The van der Waals surface area contributed by atoms with Gasteiger partial charge in [-0.3, -0.25) is 0 Å². The van der Waals surface area contributed by atoms with Crippen molar-refractivity contribution in [2.45, 2.75) is 6.92 Å². The van der Waals surface area contributed by atoms with E-state index < -0.39 is 11.6 Å². The number of nitrogens with zero attached hydrogens (tertiary/aromatic N) is 1. The number of thiazole rings is 1. The molecule has 0 unspecified atom stereocenters. The maximum Gasteiger partial charge on any atom is 0.347 e. The molecule has 0 spiro atoms. The van der Waals surface area contributed by atoms with Gasteiger partial charge in [0.2, 0.25) is 0 Å². The molecule has 3 aromatic rings. The number of aromatic carboxylic acids is 1. The van der Waals surface area contributed by atoms with Crippen molar-refractivity contribution in [2.75, 3.05) is 0 Å². The molecule has 0 aliphatic rings. The summed E-state index contributed by atoms with van der Waals surface area (Å²) in [7, 11) is 0. The predicted octanol–water partition coefficient (Wildman–Crippen LogP) is 2.63. The minimum Gasteiger partial charge on any atom is -0.508 e. The maximum atomic E-state index is 12.0. The molecule has 21 heavy (non-hydrogen) atoms. The van der Waals surface area contributed by atoms with E-state index in [9.17, 15) is 14.7 Å². The van der Waals surface area contributed by atoms with Crippen molar-refractivity contribution in [1.29, 1.82) is 0 Å². The normalized spacial score (nSPS) is 10.9. The van der Waals surface area contributed by atoms with E-state index in [4.69, 9.17) is 9.52 Å². The van der Waals surface area contributed by atoms with E-state index in [0.29, 0.717) is 16.1 Å². The van der Waals surface area contributed by atoms with Crippen LogP contribution in [0.1, 0.15) is 15.4 Å². The predicted molar refractivity (Wildman–Crippen MR) is 77.0 cm³/mol. The number of aromatic nitrogens is 1. The highest BCUT2D eigenvalue weighted by Crippen LogP contribution is 2.28. The summed E-state index contributed by atoms with van der Waals surface area (Å²) in [4.78, 5) is 27.3. The molecule has 106 valence electrons. The van der Waals surface area contributed by atoms with Gasteiger partial charge in [-0.05, 0) is 25.1 Å². The number of fused-ring (bicyclic) bond motifs is 1. The molecule has 0 aliphatic carbocycles. The van der Waals surface area contributed by atoms with Crippen molar-refractivity contribution < 1.29 is 19.4 Å². The number of phenols is 1. The molecule has 0 bridgehead atoms. The maximum absolute atomic E-state index is 12.0. The molecule has 0 amide bonds. The van der Waals surface area contributed by atoms with Crippen LogP contribution in [0.5, 0.6) is 5.75 Å². The fourth-order valence-electron chi connectivity index (χ4n) is 1.96. The lowest BCUT2D eigenvalue weighted by atomic mass is 10.2. The van der Waals surface area contributed by atoms with E-state index in [1.54, 1.807) is 19.1 Å². The molecule has 0 fully saturated rings. The van der Waals surface area contributed by atoms with E-state index in [-0.39, 0.29) is 21.8 Å². The van der Waals surface area contributed by atoms with Crippen molar-refractivity contribution in [2.24, 2.45) is 0 Å². The van der Waals surface area contributed by atoms with Crippen LogP contribution in [0.3, 0.4) is 0 Å². The number of benzene rings is 1. The third kappa shape index (κ3) is 2.27. The van der Waals surface area contributed by atoms with Crippen molar-refractivity contribution in [1.82, 2.24) is 4.98 Å². The van der Waals surface area contributed by atoms with E-state index in [2.05, 4.69) is 4.98 Å². The van der Waals surface area contributed by atoms with Crippen molar-refractivity contribution >= 4 is 28.3 Å². The Labute approximate surface area is 121 Å². The van der Waals surface area contributed by atoms with E-state index >= 15 is 0 Å². The fourth-order valence-corrected chi connectivity index (χ4v) is 2.87. The molecule has 0 saturated carbocycles. The smallest absolute Gasteiger partial charge is 0.347 e. The fraction of sp³-hybridized carbons (Fsp3) is 0.0714. The highest BCUT2D eigenvalue weighted by atomic mass is 32.1. The second-order valence-electron chi connectivity index (χ2n) is 4.41. The summed E-state index contributed by atoms with van der Waals surface area (Å²) in [6.07, 6.45) is 0. The number of carboxylic acids is 1. The number of phenolic OH excluding ortho intramolecular Hbond substituents is 1. The molecule has 0 aliphatic heterocycles. The van der Waals surface area contributed by atoms with Gasteiger partial charge < -0.3 is 14.6 Å². The number of carboxylic acid groups (broad SMARTS) is 1. The molecule has 2 N–H and O–H groups in total. The summed E-state index contributed by atoms with van der Waals surface area (Å²) in [6.45, 7) is 1.57. The van der Waals surface area contributed by atoms with Gasteiger partial charge in [-0.25, -0.2) is 14.6 Å². The van der Waals surface area contributed by atoms with Gasteiger partial charge in [0.05, 0.1) is 11.3 Å². The van der Waals surface area contributed by atoms with Gasteiger partial charge in [-0.15, -0.1) is 11.3 Å². The Bertz CT molecular complexity index is 925. The summed E-state index contributed by atoms with van der Waals surface area (Å²) in [6, 6.07) is 6.00. The van der Waals surface area contributed by atoms with Crippen LogP contribution in [0.2, 0.25) is 0 Å². The zero-order chi connectivity index (χ0) is 15.1. The SMILES string of the molecule is Cc1nc(-c2cc3ccc(O)cc3oc2=O)sc1C(=O)O. The van der Waals surface area contributed by atoms with Gasteiger partial charge in [0.25, 0.3) is 0 Å². The third-order valence-corrected chi connectivity index (χ3v) is 4.12. The second-order valence-corrected chi connectivity index (χ2v) is 5.41. The Kier molecular flexibility index (Phi) is 2.99. The summed E-state index contributed by atoms with van der Waals surface area (Å²) in [5.74, 6) is -1.08. The number of hydrogen-bond acceptors (Lipinski definition) is 6. The minimum atomic E-state index is -1.08. The van der Waals surface area contributed by atoms with Crippen LogP contribution in [-0.4, -0.2) is 21.2 Å². The zero-order valence-corrected chi connectivity index (χ0v) is 11.6. The summed E-state index contributed by atoms with van der Waals surface area (Å²) >= 11 is 0.927. The molecule has 0 atom stereocenters. The number of aryl methyl sites for hydroxylation is 1. The Morgan fingerprint density at radius 3 is 2.76 bits per heavy atom. The van der Waals surface area contributed by atoms with Crippen molar-refractivity contribution in [3.63, 3.8) is 0 Å². The van der Waals surface area contributed by atoms with E-state index in [1.807, 2.05) is 0 Å². The molecule has 0 saturated heterocycles. The van der Waals surface area contributed by atoms with Gasteiger partial charge in [0.15, 0.2) is 0 Å². The monoisotopic (exact) mass is 303 g/mol. The highest BCUT2D eigenvalue weighted by Gasteiger charge is 2.18. The Balaban J connectivity index is 2.23. The van der Waals surface area contributed by atoms with Crippen LogP contribution < -0.4 is 5.63 Å². The first-order chi connectivity index (χ1) is 9.95. The first-order valence-corrected chi connectivity index (χ1v) is 6.75. The molecule has 0 radical (unpaired) electrons. The number of hydrogen-bond donors (Lipinski definition) is 2. The highest BCUT2D eigenvalue weighted by molar-refractivity contribution is 7.17. The van der Waals surface area contributed by atoms with Gasteiger partial charge in [-0.2, -0.15) is 0 Å². The first kappa shape index (κ1) is 13.3. The average molecular weight is 303 g/mol. The topological polar surface area (TPSA) is 101 Å². The van der Waals surface area contributed by atoms with Crippen LogP contribution in [0, 0.1) is 6.92 Å². The van der Waals surface area contributed by atoms with Crippen LogP contribution in [-0.2, 0) is 0 Å². The molecule has 1 aromatic carbocycles. The molecular formula is C14H9NO5S. The Morgan fingerprint density at radius 1 is 1.33 bits per heavy atom. The number of aromatic hydroxyl groups is 1. The second kappa shape index (κ2) is 4.71. The molecule has 2 heterocycles. The van der Waals surface area contributed by atoms with Gasteiger partial charge >= 0.3 is 11.6 Å². The van der Waals surface area contributed by atoms with Crippen LogP contribution in [0.15, 0.2) is 33.5 Å². The minimum absolute atomic E-state index is 0.00310. The summed E-state index contributed by atoms with van der Waals surface area (Å²) < 4.78 is 5.14. The Hall–Kier alpha value is -2.67. The molecule has 7 heteroatoms. The Morgan fingerprint density at radius 2 is 2.10 bits per heavy atom. The van der Waals surface area contributed by atoms with Gasteiger partial charge in [0.1, 0.15) is 21.2 Å². The molecule has 6 nitrogen and oxygen atoms in total. The zero-order valence-electron chi connectivity index (χ0n) is 10.8. The lowest BCUT2D eigenvalue weighted by molar-refractivity contribution is 0.0701. The summed E-state index contributed by atoms with van der Waals surface area (Å²) in [5.41, 5.74) is 0.191. The molecule has 3 rings (SSSR count). The van der Waals surface area contributed by atoms with Gasteiger partial charge in [0, 0.05) is 11.5 Å². The van der Waals surface area contributed by atoms with Crippen LogP contribution in [0.25, 0.3) is 21.5 Å². The number of rotatable bonds is 2. The van der Waals surface area contributed by atoms with Crippen molar-refractivity contribution in [3.05, 3.63) is 45.3 Å². The third-order valence-electron chi connectivity index (χ3n) is 2.94. The average Bonchev–Trinajstić information content (AvgIpc) is 2.80. The largest absolute Gasteiger partial charge is 0.508 e. The van der Waals surface area contributed by atoms with Crippen molar-refractivity contribution in [3.8, 4) is 16.3 Å². The van der Waals surface area contributed by atoms with Crippen LogP contribution >= 0.6 is 11.3 Å². The van der Waals surface area contributed by atoms with E-state index in [0.717, 1.165) is 11.3 Å². The first-order valence-electron chi connectivity index (χ1n) is 5.93. The van der Waals surface area contributed by atoms with Gasteiger partial charge in [-0.1, -0.05) is 0 Å². The lowest BCUT2D eigenvalue weighted by Crippen LogP contribution is -2.02. The van der Waals surface area contributed by atoms with E-state index in [1.165, 1.54) is 12.1 Å². The standard InChI is InChI=1S/C14H9NO5S/c1-6-11(13(17)18)21-12(15-6)9-4-7-2-3-8(16)5-10(7)20-14(9)19/h2-5,16H,1H3,(H,17,18).